The molecule has 0 aliphatic rings. The number of aromatic nitrogens is 5. The van der Waals surface area contributed by atoms with Gasteiger partial charge in [0, 0.05) is 48.5 Å². The van der Waals surface area contributed by atoms with Crippen molar-refractivity contribution in [3.8, 4) is 0 Å². The summed E-state index contributed by atoms with van der Waals surface area (Å²) in [5, 5.41) is 12.2. The summed E-state index contributed by atoms with van der Waals surface area (Å²) in [6.07, 6.45) is 5.71. The molecule has 0 fully saturated rings. The third kappa shape index (κ3) is 2.80. The second kappa shape index (κ2) is 5.65. The van der Waals surface area contributed by atoms with Gasteiger partial charge in [-0.3, -0.25) is 4.68 Å². The summed E-state index contributed by atoms with van der Waals surface area (Å²) in [4.78, 5) is 4.48. The van der Waals surface area contributed by atoms with Crippen LogP contribution in [0.4, 0.5) is 0 Å². The van der Waals surface area contributed by atoms with Crippen LogP contribution in [0.25, 0.3) is 5.65 Å². The van der Waals surface area contributed by atoms with Crippen LogP contribution in [0.5, 0.6) is 0 Å². The van der Waals surface area contributed by atoms with E-state index in [0.717, 1.165) is 30.1 Å². The molecule has 1 N–H and O–H groups in total. The van der Waals surface area contributed by atoms with Crippen molar-refractivity contribution in [3.05, 3.63) is 47.7 Å². The standard InChI is InChI=1S/C15H20N6/c1-11-9-15-17-10-14(13(3)21(15)19-11)12(2)16-6-8-20-7-4-5-18-20/h4-5,7,9-10,12,16H,6,8H2,1-3H3. The predicted octanol–water partition coefficient (Wildman–Crippen LogP) is 1.89. The quantitative estimate of drug-likeness (QED) is 0.777. The van der Waals surface area contributed by atoms with Crippen molar-refractivity contribution in [2.45, 2.75) is 33.4 Å². The Morgan fingerprint density at radius 1 is 1.33 bits per heavy atom. The molecule has 1 unspecified atom stereocenters. The maximum absolute atomic E-state index is 4.49. The van der Waals surface area contributed by atoms with E-state index in [9.17, 15) is 0 Å². The van der Waals surface area contributed by atoms with Gasteiger partial charge in [0.1, 0.15) is 0 Å². The molecule has 110 valence electrons. The average Bonchev–Trinajstić information content (AvgIpc) is 3.08. The third-order valence-electron chi connectivity index (χ3n) is 3.70. The lowest BCUT2D eigenvalue weighted by Gasteiger charge is -2.16. The third-order valence-corrected chi connectivity index (χ3v) is 3.70. The first-order valence-corrected chi connectivity index (χ1v) is 7.18. The van der Waals surface area contributed by atoms with Gasteiger partial charge in [0.25, 0.3) is 0 Å². The van der Waals surface area contributed by atoms with Crippen LogP contribution in [0, 0.1) is 13.8 Å². The minimum absolute atomic E-state index is 0.224. The topological polar surface area (TPSA) is 60.0 Å². The lowest BCUT2D eigenvalue weighted by Crippen LogP contribution is -2.24. The zero-order chi connectivity index (χ0) is 14.8. The molecule has 0 saturated carbocycles. The van der Waals surface area contributed by atoms with Crippen molar-refractivity contribution in [3.63, 3.8) is 0 Å². The van der Waals surface area contributed by atoms with Crippen molar-refractivity contribution in [2.24, 2.45) is 0 Å². The summed E-state index contributed by atoms with van der Waals surface area (Å²) >= 11 is 0. The molecule has 0 aromatic carbocycles. The number of nitrogens with one attached hydrogen (secondary N) is 1. The smallest absolute Gasteiger partial charge is 0.155 e. The minimum Gasteiger partial charge on any atom is -0.308 e. The van der Waals surface area contributed by atoms with Crippen LogP contribution in [-0.2, 0) is 6.54 Å². The Hall–Kier alpha value is -2.21. The molecule has 6 nitrogen and oxygen atoms in total. The van der Waals surface area contributed by atoms with Crippen LogP contribution in [0.3, 0.4) is 0 Å². The Kier molecular flexibility index (Phi) is 3.70. The van der Waals surface area contributed by atoms with Crippen molar-refractivity contribution >= 4 is 5.65 Å². The number of aryl methyl sites for hydroxylation is 2. The van der Waals surface area contributed by atoms with Crippen LogP contribution in [0.15, 0.2) is 30.7 Å². The molecule has 1 atom stereocenters. The number of nitrogens with zero attached hydrogens (tertiary/aromatic N) is 5. The van der Waals surface area contributed by atoms with Crippen molar-refractivity contribution in [1.29, 1.82) is 0 Å². The summed E-state index contributed by atoms with van der Waals surface area (Å²) in [6.45, 7) is 7.93. The average molecular weight is 284 g/mol. The number of rotatable bonds is 5. The van der Waals surface area contributed by atoms with Crippen LogP contribution < -0.4 is 5.32 Å². The Morgan fingerprint density at radius 3 is 2.95 bits per heavy atom. The number of hydrogen-bond acceptors (Lipinski definition) is 4. The van der Waals surface area contributed by atoms with E-state index in [1.807, 2.05) is 40.6 Å². The molecule has 21 heavy (non-hydrogen) atoms. The molecule has 0 radical (unpaired) electrons. The molecular formula is C15H20N6. The summed E-state index contributed by atoms with van der Waals surface area (Å²) < 4.78 is 3.83. The Morgan fingerprint density at radius 2 is 2.19 bits per heavy atom. The Balaban J connectivity index is 1.71. The molecule has 6 heteroatoms. The van der Waals surface area contributed by atoms with Gasteiger partial charge in [-0.1, -0.05) is 0 Å². The van der Waals surface area contributed by atoms with Gasteiger partial charge in [-0.25, -0.2) is 9.50 Å². The van der Waals surface area contributed by atoms with E-state index in [4.69, 9.17) is 0 Å². The molecule has 3 aromatic rings. The molecule has 0 aliphatic carbocycles. The first kappa shape index (κ1) is 13.8. The molecule has 0 amide bonds. The molecule has 0 bridgehead atoms. The van der Waals surface area contributed by atoms with Gasteiger partial charge >= 0.3 is 0 Å². The molecule has 0 aliphatic heterocycles. The Bertz CT molecular complexity index is 728. The maximum Gasteiger partial charge on any atom is 0.155 e. The van der Waals surface area contributed by atoms with E-state index < -0.39 is 0 Å². The second-order valence-electron chi connectivity index (χ2n) is 5.30. The van der Waals surface area contributed by atoms with Gasteiger partial charge in [-0.15, -0.1) is 0 Å². The molecule has 3 rings (SSSR count). The highest BCUT2D eigenvalue weighted by molar-refractivity contribution is 5.42. The first-order valence-electron chi connectivity index (χ1n) is 7.18. The SMILES string of the molecule is Cc1cc2ncc(C(C)NCCn3cccn3)c(C)n2n1. The van der Waals surface area contributed by atoms with E-state index in [2.05, 4.69) is 34.3 Å². The van der Waals surface area contributed by atoms with Gasteiger partial charge in [0.15, 0.2) is 5.65 Å². The maximum atomic E-state index is 4.49. The van der Waals surface area contributed by atoms with E-state index in [1.165, 1.54) is 5.56 Å². The van der Waals surface area contributed by atoms with E-state index in [1.54, 1.807) is 6.20 Å². The van der Waals surface area contributed by atoms with Gasteiger partial charge in [-0.05, 0) is 26.8 Å². The number of fused-ring (bicyclic) bond motifs is 1. The van der Waals surface area contributed by atoms with Crippen molar-refractivity contribution in [2.75, 3.05) is 6.54 Å². The summed E-state index contributed by atoms with van der Waals surface area (Å²) in [6, 6.07) is 4.15. The molecule has 3 heterocycles. The lowest BCUT2D eigenvalue weighted by molar-refractivity contribution is 0.503. The summed E-state index contributed by atoms with van der Waals surface area (Å²) in [7, 11) is 0. The van der Waals surface area contributed by atoms with Crippen LogP contribution in [0.1, 0.15) is 29.9 Å². The lowest BCUT2D eigenvalue weighted by atomic mass is 10.1. The Labute approximate surface area is 123 Å². The highest BCUT2D eigenvalue weighted by Crippen LogP contribution is 2.17. The first-order chi connectivity index (χ1) is 10.1. The summed E-state index contributed by atoms with van der Waals surface area (Å²) in [5.41, 5.74) is 4.19. The van der Waals surface area contributed by atoms with Crippen molar-refractivity contribution in [1.82, 2.24) is 29.7 Å². The van der Waals surface area contributed by atoms with E-state index in [0.29, 0.717) is 0 Å². The van der Waals surface area contributed by atoms with Gasteiger partial charge in [0.05, 0.1) is 12.2 Å². The van der Waals surface area contributed by atoms with Crippen LogP contribution in [-0.4, -0.2) is 30.9 Å². The molecular weight excluding hydrogens is 264 g/mol. The normalized spacial score (nSPS) is 12.9. The largest absolute Gasteiger partial charge is 0.308 e. The zero-order valence-electron chi connectivity index (χ0n) is 12.6. The highest BCUT2D eigenvalue weighted by Gasteiger charge is 2.12. The van der Waals surface area contributed by atoms with Crippen molar-refractivity contribution < 1.29 is 0 Å². The van der Waals surface area contributed by atoms with Crippen LogP contribution in [0.2, 0.25) is 0 Å². The van der Waals surface area contributed by atoms with E-state index >= 15 is 0 Å². The van der Waals surface area contributed by atoms with Crippen LogP contribution >= 0.6 is 0 Å². The second-order valence-corrected chi connectivity index (χ2v) is 5.30. The van der Waals surface area contributed by atoms with E-state index in [-0.39, 0.29) is 6.04 Å². The van der Waals surface area contributed by atoms with Gasteiger partial charge in [-0.2, -0.15) is 10.2 Å². The zero-order valence-corrected chi connectivity index (χ0v) is 12.6. The molecule has 0 spiro atoms. The summed E-state index contributed by atoms with van der Waals surface area (Å²) in [5.74, 6) is 0. The molecule has 3 aromatic heterocycles. The van der Waals surface area contributed by atoms with Gasteiger partial charge < -0.3 is 5.32 Å². The highest BCUT2D eigenvalue weighted by atomic mass is 15.3. The fraction of sp³-hybridized carbons (Fsp3) is 0.400. The fourth-order valence-corrected chi connectivity index (χ4v) is 2.54. The fourth-order valence-electron chi connectivity index (χ4n) is 2.54. The van der Waals surface area contributed by atoms with Gasteiger partial charge in [0.2, 0.25) is 0 Å². The predicted molar refractivity (Wildman–Crippen MR) is 81.1 cm³/mol. The number of hydrogen-bond donors (Lipinski definition) is 1. The molecule has 0 saturated heterocycles. The minimum atomic E-state index is 0.224. The monoisotopic (exact) mass is 284 g/mol.